The van der Waals surface area contributed by atoms with Gasteiger partial charge in [0.2, 0.25) is 11.7 Å². The van der Waals surface area contributed by atoms with Crippen LogP contribution in [0.2, 0.25) is 0 Å². The van der Waals surface area contributed by atoms with E-state index in [0.717, 1.165) is 13.0 Å². The van der Waals surface area contributed by atoms with Gasteiger partial charge >= 0.3 is 0 Å². The van der Waals surface area contributed by atoms with Gasteiger partial charge in [0.15, 0.2) is 11.5 Å². The maximum absolute atomic E-state index is 9.39. The maximum Gasteiger partial charge on any atom is 0.240 e. The van der Waals surface area contributed by atoms with E-state index in [-0.39, 0.29) is 11.5 Å². The van der Waals surface area contributed by atoms with Crippen molar-refractivity contribution in [2.75, 3.05) is 6.54 Å². The Morgan fingerprint density at radius 1 is 1.28 bits per heavy atom. The van der Waals surface area contributed by atoms with Gasteiger partial charge in [-0.2, -0.15) is 4.98 Å². The number of phenolic OH excluding ortho intramolecular Hbond substituents is 2. The first-order valence-corrected chi connectivity index (χ1v) is 5.76. The van der Waals surface area contributed by atoms with E-state index in [9.17, 15) is 10.2 Å². The fourth-order valence-corrected chi connectivity index (χ4v) is 1.48. The molecule has 1 aromatic carbocycles. The van der Waals surface area contributed by atoms with Crippen molar-refractivity contribution >= 4 is 0 Å². The molecule has 2 rings (SSSR count). The predicted octanol–water partition coefficient (Wildman–Crippen LogP) is 1.65. The molecular weight excluding hydrogens is 234 g/mol. The third-order valence-corrected chi connectivity index (χ3v) is 2.40. The molecule has 6 nitrogen and oxygen atoms in total. The lowest BCUT2D eigenvalue weighted by atomic mass is 10.2. The summed E-state index contributed by atoms with van der Waals surface area (Å²) in [5, 5.41) is 25.6. The molecule has 1 aromatic heterocycles. The summed E-state index contributed by atoms with van der Waals surface area (Å²) in [7, 11) is 0. The summed E-state index contributed by atoms with van der Waals surface area (Å²) in [5.41, 5.74) is 0.593. The molecular formula is C12H15N3O3. The number of phenols is 2. The van der Waals surface area contributed by atoms with Crippen molar-refractivity contribution in [2.24, 2.45) is 0 Å². The van der Waals surface area contributed by atoms with Crippen LogP contribution in [0.15, 0.2) is 22.7 Å². The zero-order chi connectivity index (χ0) is 13.0. The fraction of sp³-hybridized carbons (Fsp3) is 0.333. The van der Waals surface area contributed by atoms with E-state index in [1.165, 1.54) is 12.1 Å². The Morgan fingerprint density at radius 2 is 2.11 bits per heavy atom. The largest absolute Gasteiger partial charge is 0.504 e. The van der Waals surface area contributed by atoms with Gasteiger partial charge in [-0.3, -0.25) is 0 Å². The summed E-state index contributed by atoms with van der Waals surface area (Å²) in [6.07, 6.45) is 1.03. The molecule has 0 saturated heterocycles. The van der Waals surface area contributed by atoms with Crippen LogP contribution in [-0.4, -0.2) is 26.9 Å². The Morgan fingerprint density at radius 3 is 2.83 bits per heavy atom. The molecule has 2 aromatic rings. The Balaban J connectivity index is 2.11. The van der Waals surface area contributed by atoms with Crippen molar-refractivity contribution in [1.82, 2.24) is 15.5 Å². The molecule has 0 amide bonds. The van der Waals surface area contributed by atoms with Crippen LogP contribution < -0.4 is 5.32 Å². The smallest absolute Gasteiger partial charge is 0.240 e. The third-order valence-electron chi connectivity index (χ3n) is 2.40. The van der Waals surface area contributed by atoms with E-state index in [4.69, 9.17) is 4.52 Å². The van der Waals surface area contributed by atoms with Gasteiger partial charge in [0, 0.05) is 5.56 Å². The van der Waals surface area contributed by atoms with Crippen molar-refractivity contribution in [1.29, 1.82) is 0 Å². The minimum Gasteiger partial charge on any atom is -0.504 e. The Bertz CT molecular complexity index is 525. The van der Waals surface area contributed by atoms with Gasteiger partial charge in [-0.15, -0.1) is 0 Å². The first-order valence-electron chi connectivity index (χ1n) is 5.76. The zero-order valence-corrected chi connectivity index (χ0v) is 10.1. The molecule has 0 fully saturated rings. The van der Waals surface area contributed by atoms with E-state index in [1.807, 2.05) is 0 Å². The first kappa shape index (κ1) is 12.4. The molecule has 0 atom stereocenters. The minimum absolute atomic E-state index is 0.174. The lowest BCUT2D eigenvalue weighted by Crippen LogP contribution is -2.13. The van der Waals surface area contributed by atoms with Crippen molar-refractivity contribution in [3.05, 3.63) is 24.1 Å². The van der Waals surface area contributed by atoms with Crippen LogP contribution >= 0.6 is 0 Å². The average Bonchev–Trinajstić information content (AvgIpc) is 2.82. The SMILES string of the molecule is CCCNCc1nc(-c2ccc(O)c(O)c2)no1. The summed E-state index contributed by atoms with van der Waals surface area (Å²) >= 11 is 0. The molecule has 1 heterocycles. The number of hydrogen-bond donors (Lipinski definition) is 3. The second kappa shape index (κ2) is 5.50. The number of nitrogens with one attached hydrogen (secondary N) is 1. The summed E-state index contributed by atoms with van der Waals surface area (Å²) in [4.78, 5) is 4.19. The molecule has 0 radical (unpaired) electrons. The highest BCUT2D eigenvalue weighted by Gasteiger charge is 2.10. The monoisotopic (exact) mass is 249 g/mol. The van der Waals surface area contributed by atoms with Gasteiger partial charge in [-0.05, 0) is 31.2 Å². The van der Waals surface area contributed by atoms with Gasteiger partial charge in [0.25, 0.3) is 0 Å². The van der Waals surface area contributed by atoms with Gasteiger partial charge < -0.3 is 20.1 Å². The lowest BCUT2D eigenvalue weighted by Gasteiger charge is -1.98. The lowest BCUT2D eigenvalue weighted by molar-refractivity contribution is 0.368. The van der Waals surface area contributed by atoms with E-state index in [2.05, 4.69) is 22.4 Å². The molecule has 0 aliphatic heterocycles. The average molecular weight is 249 g/mol. The first-order chi connectivity index (χ1) is 8.70. The highest BCUT2D eigenvalue weighted by atomic mass is 16.5. The molecule has 0 spiro atoms. The predicted molar refractivity (Wildman–Crippen MR) is 65.1 cm³/mol. The molecule has 0 unspecified atom stereocenters. The molecule has 0 aliphatic carbocycles. The molecule has 0 aliphatic rings. The number of benzene rings is 1. The number of rotatable bonds is 5. The van der Waals surface area contributed by atoms with Crippen LogP contribution in [0.3, 0.4) is 0 Å². The van der Waals surface area contributed by atoms with E-state index < -0.39 is 0 Å². The quantitative estimate of drug-likeness (QED) is 0.551. The van der Waals surface area contributed by atoms with E-state index >= 15 is 0 Å². The van der Waals surface area contributed by atoms with Crippen LogP contribution in [0.1, 0.15) is 19.2 Å². The Kier molecular flexibility index (Phi) is 3.78. The molecule has 96 valence electrons. The normalized spacial score (nSPS) is 10.7. The molecule has 3 N–H and O–H groups in total. The van der Waals surface area contributed by atoms with Crippen LogP contribution in [0.25, 0.3) is 11.4 Å². The Labute approximate surface area is 104 Å². The zero-order valence-electron chi connectivity index (χ0n) is 10.1. The summed E-state index contributed by atoms with van der Waals surface area (Å²) in [6.45, 7) is 3.48. The molecule has 6 heteroatoms. The Hall–Kier alpha value is -2.08. The number of aromatic nitrogens is 2. The number of nitrogens with zero attached hydrogens (tertiary/aromatic N) is 2. The van der Waals surface area contributed by atoms with Gasteiger partial charge in [0.05, 0.1) is 6.54 Å². The van der Waals surface area contributed by atoms with Gasteiger partial charge in [0.1, 0.15) is 0 Å². The van der Waals surface area contributed by atoms with Crippen LogP contribution in [0, 0.1) is 0 Å². The summed E-state index contributed by atoms with van der Waals surface area (Å²) in [6, 6.07) is 4.39. The van der Waals surface area contributed by atoms with Crippen LogP contribution in [0.5, 0.6) is 11.5 Å². The highest BCUT2D eigenvalue weighted by molar-refractivity contribution is 5.59. The standard InChI is InChI=1S/C12H15N3O3/c1-2-5-13-7-11-14-12(15-18-11)8-3-4-9(16)10(17)6-8/h3-4,6,13,16-17H,2,5,7H2,1H3. The third kappa shape index (κ3) is 2.78. The molecule has 0 saturated carbocycles. The van der Waals surface area contributed by atoms with E-state index in [0.29, 0.717) is 23.8 Å². The van der Waals surface area contributed by atoms with Crippen molar-refractivity contribution in [3.63, 3.8) is 0 Å². The van der Waals surface area contributed by atoms with Crippen LogP contribution in [-0.2, 0) is 6.54 Å². The van der Waals surface area contributed by atoms with Gasteiger partial charge in [-0.1, -0.05) is 12.1 Å². The highest BCUT2D eigenvalue weighted by Crippen LogP contribution is 2.28. The summed E-state index contributed by atoms with van der Waals surface area (Å²) < 4.78 is 5.07. The minimum atomic E-state index is -0.206. The number of aromatic hydroxyl groups is 2. The van der Waals surface area contributed by atoms with Crippen LogP contribution in [0.4, 0.5) is 0 Å². The van der Waals surface area contributed by atoms with Crippen molar-refractivity contribution < 1.29 is 14.7 Å². The number of hydrogen-bond acceptors (Lipinski definition) is 6. The second-order valence-electron chi connectivity index (χ2n) is 3.89. The van der Waals surface area contributed by atoms with Crippen molar-refractivity contribution in [2.45, 2.75) is 19.9 Å². The van der Waals surface area contributed by atoms with E-state index in [1.54, 1.807) is 6.07 Å². The van der Waals surface area contributed by atoms with Gasteiger partial charge in [-0.25, -0.2) is 0 Å². The maximum atomic E-state index is 9.39. The van der Waals surface area contributed by atoms with Crippen molar-refractivity contribution in [3.8, 4) is 22.9 Å². The topological polar surface area (TPSA) is 91.4 Å². The fourth-order valence-electron chi connectivity index (χ4n) is 1.48. The molecule has 18 heavy (non-hydrogen) atoms. The second-order valence-corrected chi connectivity index (χ2v) is 3.89. The molecule has 0 bridgehead atoms. The summed E-state index contributed by atoms with van der Waals surface area (Å²) in [5.74, 6) is 0.500.